The predicted molar refractivity (Wildman–Crippen MR) is 114 cm³/mol. The summed E-state index contributed by atoms with van der Waals surface area (Å²) in [6, 6.07) is 16.8. The van der Waals surface area contributed by atoms with Crippen molar-refractivity contribution in [3.63, 3.8) is 0 Å². The van der Waals surface area contributed by atoms with Crippen LogP contribution in [-0.2, 0) is 17.8 Å². The number of carbonyl (C=O) groups is 1. The second-order valence-corrected chi connectivity index (χ2v) is 7.79. The second kappa shape index (κ2) is 10.3. The van der Waals surface area contributed by atoms with Crippen molar-refractivity contribution >= 4 is 5.91 Å². The molecule has 0 unspecified atom stereocenters. The van der Waals surface area contributed by atoms with Gasteiger partial charge in [0, 0.05) is 19.0 Å². The van der Waals surface area contributed by atoms with Gasteiger partial charge in [-0.05, 0) is 69.0 Å². The van der Waals surface area contributed by atoms with Crippen molar-refractivity contribution in [2.24, 2.45) is 5.92 Å². The molecule has 1 aliphatic heterocycles. The van der Waals surface area contributed by atoms with Gasteiger partial charge in [0.05, 0.1) is 7.11 Å². The number of nitrogens with one attached hydrogen (secondary N) is 1. The number of piperidine rings is 1. The highest BCUT2D eigenvalue weighted by Gasteiger charge is 2.24. The molecule has 0 aromatic heterocycles. The number of nitrogens with zero attached hydrogens (tertiary/aromatic N) is 1. The number of likely N-dealkylation sites (tertiary alicyclic amines) is 1. The molecule has 0 bridgehead atoms. The molecule has 0 radical (unpaired) electrons. The lowest BCUT2D eigenvalue weighted by Crippen LogP contribution is -2.40. The van der Waals surface area contributed by atoms with Gasteiger partial charge in [-0.25, -0.2) is 0 Å². The second-order valence-electron chi connectivity index (χ2n) is 7.79. The van der Waals surface area contributed by atoms with Gasteiger partial charge in [0.15, 0.2) is 0 Å². The summed E-state index contributed by atoms with van der Waals surface area (Å²) in [5.74, 6) is 1.27. The number of aryl methyl sites for hydroxylation is 2. The molecule has 28 heavy (non-hydrogen) atoms. The Labute approximate surface area is 168 Å². The van der Waals surface area contributed by atoms with Crippen LogP contribution in [0.4, 0.5) is 0 Å². The molecule has 1 aliphatic rings. The van der Waals surface area contributed by atoms with E-state index in [1.807, 2.05) is 12.1 Å². The first-order chi connectivity index (χ1) is 13.6. The van der Waals surface area contributed by atoms with Gasteiger partial charge in [0.1, 0.15) is 5.75 Å². The maximum atomic E-state index is 12.5. The van der Waals surface area contributed by atoms with Crippen LogP contribution in [0.5, 0.6) is 5.75 Å². The summed E-state index contributed by atoms with van der Waals surface area (Å²) in [6.07, 6.45) is 3.80. The molecule has 1 saturated heterocycles. The lowest BCUT2D eigenvalue weighted by molar-refractivity contribution is -0.126. The molecule has 4 nitrogen and oxygen atoms in total. The van der Waals surface area contributed by atoms with Crippen molar-refractivity contribution in [1.29, 1.82) is 0 Å². The highest BCUT2D eigenvalue weighted by molar-refractivity contribution is 5.78. The van der Waals surface area contributed by atoms with Crippen LogP contribution in [0.15, 0.2) is 48.5 Å². The maximum Gasteiger partial charge on any atom is 0.223 e. The Bertz CT molecular complexity index is 767. The Morgan fingerprint density at radius 2 is 1.86 bits per heavy atom. The van der Waals surface area contributed by atoms with Crippen molar-refractivity contribution in [2.45, 2.75) is 39.2 Å². The summed E-state index contributed by atoms with van der Waals surface area (Å²) in [4.78, 5) is 14.9. The fraction of sp³-hybridized carbons (Fsp3) is 0.458. The van der Waals surface area contributed by atoms with Crippen LogP contribution in [0.2, 0.25) is 0 Å². The Morgan fingerprint density at radius 1 is 1.11 bits per heavy atom. The van der Waals surface area contributed by atoms with E-state index in [-0.39, 0.29) is 11.8 Å². The molecule has 0 aliphatic carbocycles. The zero-order valence-electron chi connectivity index (χ0n) is 17.1. The highest BCUT2D eigenvalue weighted by Crippen LogP contribution is 2.20. The van der Waals surface area contributed by atoms with Crippen LogP contribution in [0.25, 0.3) is 0 Å². The van der Waals surface area contributed by atoms with Gasteiger partial charge in [-0.2, -0.15) is 0 Å². The Morgan fingerprint density at radius 3 is 2.61 bits per heavy atom. The number of amides is 1. The van der Waals surface area contributed by atoms with Crippen LogP contribution in [0.1, 0.15) is 36.0 Å². The topological polar surface area (TPSA) is 41.6 Å². The smallest absolute Gasteiger partial charge is 0.223 e. The van der Waals surface area contributed by atoms with Gasteiger partial charge < -0.3 is 10.1 Å². The normalized spacial score (nSPS) is 15.4. The van der Waals surface area contributed by atoms with Gasteiger partial charge >= 0.3 is 0 Å². The lowest BCUT2D eigenvalue weighted by Gasteiger charge is -2.31. The first-order valence-corrected chi connectivity index (χ1v) is 10.3. The minimum atomic E-state index is 0.158. The van der Waals surface area contributed by atoms with E-state index in [4.69, 9.17) is 4.74 Å². The number of hydrogen-bond acceptors (Lipinski definition) is 3. The number of ether oxygens (including phenoxy) is 1. The average Bonchev–Trinajstić information content (AvgIpc) is 2.72. The monoisotopic (exact) mass is 380 g/mol. The highest BCUT2D eigenvalue weighted by atomic mass is 16.5. The maximum absolute atomic E-state index is 12.5. The van der Waals surface area contributed by atoms with Gasteiger partial charge in [0.25, 0.3) is 0 Å². The van der Waals surface area contributed by atoms with E-state index in [2.05, 4.69) is 53.5 Å². The number of benzene rings is 2. The summed E-state index contributed by atoms with van der Waals surface area (Å²) in [5, 5.41) is 3.13. The SMILES string of the molecule is COc1cccc(CCCNC(=O)C2CCN(Cc3cccc(C)c3)CC2)c1. The first kappa shape index (κ1) is 20.4. The molecule has 2 aromatic rings. The Balaban J connectivity index is 1.34. The van der Waals surface area contributed by atoms with Gasteiger partial charge in [-0.1, -0.05) is 42.0 Å². The van der Waals surface area contributed by atoms with Crippen molar-refractivity contribution in [2.75, 3.05) is 26.7 Å². The molecule has 1 fully saturated rings. The van der Waals surface area contributed by atoms with Crippen LogP contribution in [0.3, 0.4) is 0 Å². The summed E-state index contributed by atoms with van der Waals surface area (Å²) < 4.78 is 5.26. The summed E-state index contributed by atoms with van der Waals surface area (Å²) in [7, 11) is 1.69. The minimum absolute atomic E-state index is 0.158. The van der Waals surface area contributed by atoms with Crippen molar-refractivity contribution in [3.8, 4) is 5.75 Å². The molecular weight excluding hydrogens is 348 g/mol. The number of methoxy groups -OCH3 is 1. The predicted octanol–water partition coefficient (Wildman–Crippen LogP) is 3.96. The van der Waals surface area contributed by atoms with Crippen molar-refractivity contribution in [3.05, 3.63) is 65.2 Å². The number of rotatable bonds is 8. The van der Waals surface area contributed by atoms with E-state index >= 15 is 0 Å². The van der Waals surface area contributed by atoms with Gasteiger partial charge in [-0.3, -0.25) is 9.69 Å². The molecule has 1 N–H and O–H groups in total. The largest absolute Gasteiger partial charge is 0.497 e. The quantitative estimate of drug-likeness (QED) is 0.705. The van der Waals surface area contributed by atoms with Crippen molar-refractivity contribution < 1.29 is 9.53 Å². The van der Waals surface area contributed by atoms with Crippen LogP contribution < -0.4 is 10.1 Å². The summed E-state index contributed by atoms with van der Waals surface area (Å²) in [5.41, 5.74) is 3.92. The Hall–Kier alpha value is -2.33. The van der Waals surface area contributed by atoms with E-state index in [1.165, 1.54) is 16.7 Å². The molecule has 0 saturated carbocycles. The third kappa shape index (κ3) is 6.10. The van der Waals surface area contributed by atoms with Crippen LogP contribution in [0, 0.1) is 12.8 Å². The van der Waals surface area contributed by atoms with E-state index in [0.29, 0.717) is 0 Å². The molecule has 0 spiro atoms. The van der Waals surface area contributed by atoms with Gasteiger partial charge in [0.2, 0.25) is 5.91 Å². The fourth-order valence-corrected chi connectivity index (χ4v) is 3.90. The van der Waals surface area contributed by atoms with E-state index in [9.17, 15) is 4.79 Å². The fourth-order valence-electron chi connectivity index (χ4n) is 3.90. The molecule has 4 heteroatoms. The Kier molecular flexibility index (Phi) is 7.49. The zero-order chi connectivity index (χ0) is 19.8. The lowest BCUT2D eigenvalue weighted by atomic mass is 9.95. The standard InChI is InChI=1S/C24H32N2O2/c1-19-6-3-8-21(16-19)18-26-14-11-22(12-15-26)24(27)25-13-5-9-20-7-4-10-23(17-20)28-2/h3-4,6-8,10,16-17,22H,5,9,11-15,18H2,1-2H3,(H,25,27). The summed E-state index contributed by atoms with van der Waals surface area (Å²) in [6.45, 7) is 5.84. The average molecular weight is 381 g/mol. The molecule has 1 amide bonds. The van der Waals surface area contributed by atoms with E-state index in [1.54, 1.807) is 7.11 Å². The molecule has 1 heterocycles. The molecule has 3 rings (SSSR count). The molecule has 2 aromatic carbocycles. The molecule has 150 valence electrons. The third-order valence-corrected chi connectivity index (χ3v) is 5.52. The zero-order valence-corrected chi connectivity index (χ0v) is 17.1. The van der Waals surface area contributed by atoms with E-state index < -0.39 is 0 Å². The van der Waals surface area contributed by atoms with Crippen LogP contribution >= 0.6 is 0 Å². The molecular formula is C24H32N2O2. The molecule has 0 atom stereocenters. The number of hydrogen-bond donors (Lipinski definition) is 1. The third-order valence-electron chi connectivity index (χ3n) is 5.52. The van der Waals surface area contributed by atoms with Crippen molar-refractivity contribution in [1.82, 2.24) is 10.2 Å². The van der Waals surface area contributed by atoms with E-state index in [0.717, 1.165) is 57.6 Å². The van der Waals surface area contributed by atoms with Gasteiger partial charge in [-0.15, -0.1) is 0 Å². The number of carbonyl (C=O) groups excluding carboxylic acids is 1. The summed E-state index contributed by atoms with van der Waals surface area (Å²) >= 11 is 0. The minimum Gasteiger partial charge on any atom is -0.497 e. The van der Waals surface area contributed by atoms with Crippen LogP contribution in [-0.4, -0.2) is 37.6 Å². The first-order valence-electron chi connectivity index (χ1n) is 10.3.